The van der Waals surface area contributed by atoms with E-state index < -0.39 is 0 Å². The summed E-state index contributed by atoms with van der Waals surface area (Å²) in [6.07, 6.45) is 1.73. The van der Waals surface area contributed by atoms with Crippen molar-refractivity contribution in [1.29, 1.82) is 0 Å². The molecule has 0 spiro atoms. The van der Waals surface area contributed by atoms with Gasteiger partial charge in [0.1, 0.15) is 5.82 Å². The van der Waals surface area contributed by atoms with Crippen molar-refractivity contribution in [3.8, 4) is 0 Å². The van der Waals surface area contributed by atoms with Crippen LogP contribution in [0.15, 0.2) is 23.0 Å². The number of aryl methyl sites for hydroxylation is 1. The first-order chi connectivity index (χ1) is 6.77. The van der Waals surface area contributed by atoms with Gasteiger partial charge in [-0.3, -0.25) is 0 Å². The molecular weight excluding hydrogens is 196 g/mol. The lowest BCUT2D eigenvalue weighted by Gasteiger charge is -2.12. The van der Waals surface area contributed by atoms with Gasteiger partial charge in [-0.1, -0.05) is 5.21 Å². The largest absolute Gasteiger partial charge is 0.362 e. The fraction of sp³-hybridized carbons (Fsp3) is 0.333. The zero-order valence-corrected chi connectivity index (χ0v) is 8.95. The summed E-state index contributed by atoms with van der Waals surface area (Å²) >= 11 is 1.71. The SMILES string of the molecule is CC(Nc1cnnn1C)c1ccsc1. The van der Waals surface area contributed by atoms with Crippen LogP contribution in [-0.4, -0.2) is 15.0 Å². The van der Waals surface area contributed by atoms with Crippen LogP contribution in [0.2, 0.25) is 0 Å². The highest BCUT2D eigenvalue weighted by molar-refractivity contribution is 7.07. The highest BCUT2D eigenvalue weighted by Crippen LogP contribution is 2.19. The van der Waals surface area contributed by atoms with Crippen molar-refractivity contribution in [3.63, 3.8) is 0 Å². The van der Waals surface area contributed by atoms with Gasteiger partial charge in [0, 0.05) is 7.05 Å². The van der Waals surface area contributed by atoms with Crippen molar-refractivity contribution >= 4 is 17.2 Å². The maximum Gasteiger partial charge on any atom is 0.144 e. The Morgan fingerprint density at radius 1 is 1.57 bits per heavy atom. The minimum Gasteiger partial charge on any atom is -0.362 e. The zero-order valence-electron chi connectivity index (χ0n) is 8.14. The van der Waals surface area contributed by atoms with Gasteiger partial charge in [0.05, 0.1) is 12.2 Å². The van der Waals surface area contributed by atoms with Gasteiger partial charge in [-0.2, -0.15) is 11.3 Å². The molecule has 74 valence electrons. The fourth-order valence-electron chi connectivity index (χ4n) is 1.25. The van der Waals surface area contributed by atoms with E-state index in [0.717, 1.165) is 5.82 Å². The van der Waals surface area contributed by atoms with Gasteiger partial charge < -0.3 is 5.32 Å². The molecule has 5 heteroatoms. The number of thiophene rings is 1. The smallest absolute Gasteiger partial charge is 0.144 e. The molecule has 1 unspecified atom stereocenters. The predicted molar refractivity (Wildman–Crippen MR) is 57.4 cm³/mol. The number of hydrogen-bond donors (Lipinski definition) is 1. The summed E-state index contributed by atoms with van der Waals surface area (Å²) in [5.41, 5.74) is 1.29. The van der Waals surface area contributed by atoms with E-state index >= 15 is 0 Å². The second-order valence-electron chi connectivity index (χ2n) is 3.17. The Labute approximate surface area is 86.6 Å². The van der Waals surface area contributed by atoms with Crippen LogP contribution in [0.5, 0.6) is 0 Å². The molecule has 2 aromatic heterocycles. The van der Waals surface area contributed by atoms with E-state index in [1.54, 1.807) is 22.2 Å². The zero-order chi connectivity index (χ0) is 9.97. The third kappa shape index (κ3) is 1.77. The van der Waals surface area contributed by atoms with Gasteiger partial charge in [-0.15, -0.1) is 5.10 Å². The van der Waals surface area contributed by atoms with Gasteiger partial charge in [-0.25, -0.2) is 4.68 Å². The average Bonchev–Trinajstić information content (AvgIpc) is 2.77. The van der Waals surface area contributed by atoms with Crippen LogP contribution in [0.4, 0.5) is 5.82 Å². The summed E-state index contributed by atoms with van der Waals surface area (Å²) in [6, 6.07) is 2.41. The summed E-state index contributed by atoms with van der Waals surface area (Å²) in [4.78, 5) is 0. The number of aromatic nitrogens is 3. The second-order valence-corrected chi connectivity index (χ2v) is 3.95. The van der Waals surface area contributed by atoms with Crippen LogP contribution in [0.3, 0.4) is 0 Å². The normalized spacial score (nSPS) is 12.7. The van der Waals surface area contributed by atoms with Crippen molar-refractivity contribution < 1.29 is 0 Å². The molecule has 0 aliphatic carbocycles. The van der Waals surface area contributed by atoms with Crippen LogP contribution < -0.4 is 5.32 Å². The molecule has 2 aromatic rings. The lowest BCUT2D eigenvalue weighted by atomic mass is 10.2. The average molecular weight is 208 g/mol. The third-order valence-electron chi connectivity index (χ3n) is 2.12. The van der Waals surface area contributed by atoms with E-state index in [9.17, 15) is 0 Å². The van der Waals surface area contributed by atoms with Crippen LogP contribution >= 0.6 is 11.3 Å². The molecule has 0 saturated heterocycles. The molecule has 0 aliphatic rings. The van der Waals surface area contributed by atoms with E-state index in [2.05, 4.69) is 39.4 Å². The van der Waals surface area contributed by atoms with Gasteiger partial charge in [0.15, 0.2) is 0 Å². The fourth-order valence-corrected chi connectivity index (χ4v) is 2.00. The molecule has 1 N–H and O–H groups in total. The van der Waals surface area contributed by atoms with Crippen molar-refractivity contribution in [2.75, 3.05) is 5.32 Å². The monoisotopic (exact) mass is 208 g/mol. The van der Waals surface area contributed by atoms with E-state index in [0.29, 0.717) is 6.04 Å². The van der Waals surface area contributed by atoms with Crippen LogP contribution in [-0.2, 0) is 7.05 Å². The standard InChI is InChI=1S/C9H12N4S/c1-7(8-3-4-14-6-8)11-9-5-10-12-13(9)2/h3-7,11H,1-2H3. The Hall–Kier alpha value is -1.36. The Balaban J connectivity index is 2.09. The Bertz CT molecular complexity index is 393. The van der Waals surface area contributed by atoms with Gasteiger partial charge in [0.2, 0.25) is 0 Å². The van der Waals surface area contributed by atoms with E-state index in [1.165, 1.54) is 5.56 Å². The van der Waals surface area contributed by atoms with Crippen LogP contribution in [0.1, 0.15) is 18.5 Å². The highest BCUT2D eigenvalue weighted by Gasteiger charge is 2.07. The highest BCUT2D eigenvalue weighted by atomic mass is 32.1. The first kappa shape index (κ1) is 9.21. The lowest BCUT2D eigenvalue weighted by Crippen LogP contribution is -2.09. The first-order valence-corrected chi connectivity index (χ1v) is 5.35. The molecule has 0 amide bonds. The van der Waals surface area contributed by atoms with E-state index in [4.69, 9.17) is 0 Å². The molecule has 2 rings (SSSR count). The van der Waals surface area contributed by atoms with Gasteiger partial charge in [0.25, 0.3) is 0 Å². The lowest BCUT2D eigenvalue weighted by molar-refractivity contribution is 0.709. The Morgan fingerprint density at radius 3 is 3.00 bits per heavy atom. The molecule has 2 heterocycles. The van der Waals surface area contributed by atoms with Crippen molar-refractivity contribution in [1.82, 2.24) is 15.0 Å². The van der Waals surface area contributed by atoms with Crippen molar-refractivity contribution in [3.05, 3.63) is 28.6 Å². The van der Waals surface area contributed by atoms with Crippen molar-refractivity contribution in [2.45, 2.75) is 13.0 Å². The number of hydrogen-bond acceptors (Lipinski definition) is 4. The van der Waals surface area contributed by atoms with Crippen LogP contribution in [0, 0.1) is 0 Å². The molecule has 0 bridgehead atoms. The number of anilines is 1. The molecule has 0 aromatic carbocycles. The molecular formula is C9H12N4S. The quantitative estimate of drug-likeness (QED) is 0.839. The summed E-state index contributed by atoms with van der Waals surface area (Å²) < 4.78 is 1.73. The predicted octanol–water partition coefficient (Wildman–Crippen LogP) is 2.05. The van der Waals surface area contributed by atoms with Gasteiger partial charge in [-0.05, 0) is 29.3 Å². The van der Waals surface area contributed by atoms with Crippen molar-refractivity contribution in [2.24, 2.45) is 7.05 Å². The third-order valence-corrected chi connectivity index (χ3v) is 2.82. The number of rotatable bonds is 3. The molecule has 0 aliphatic heterocycles. The second kappa shape index (κ2) is 3.79. The molecule has 14 heavy (non-hydrogen) atoms. The molecule has 0 radical (unpaired) electrons. The Kier molecular flexibility index (Phi) is 2.49. The topological polar surface area (TPSA) is 42.7 Å². The summed E-state index contributed by atoms with van der Waals surface area (Å²) in [7, 11) is 1.87. The summed E-state index contributed by atoms with van der Waals surface area (Å²) in [6.45, 7) is 2.12. The molecule has 1 atom stereocenters. The number of nitrogens with one attached hydrogen (secondary N) is 1. The molecule has 0 fully saturated rings. The molecule has 0 saturated carbocycles. The maximum atomic E-state index is 3.86. The van der Waals surface area contributed by atoms with E-state index in [-0.39, 0.29) is 0 Å². The van der Waals surface area contributed by atoms with E-state index in [1.807, 2.05) is 7.05 Å². The first-order valence-electron chi connectivity index (χ1n) is 4.40. The Morgan fingerprint density at radius 2 is 2.43 bits per heavy atom. The minimum absolute atomic E-state index is 0.290. The maximum absolute atomic E-state index is 3.86. The summed E-state index contributed by atoms with van der Waals surface area (Å²) in [5.74, 6) is 0.934. The summed E-state index contributed by atoms with van der Waals surface area (Å²) in [5, 5.41) is 15.2. The molecule has 4 nitrogen and oxygen atoms in total. The number of nitrogens with zero attached hydrogens (tertiary/aromatic N) is 3. The minimum atomic E-state index is 0.290. The van der Waals surface area contributed by atoms with Gasteiger partial charge >= 0.3 is 0 Å². The van der Waals surface area contributed by atoms with Crippen LogP contribution in [0.25, 0.3) is 0 Å².